The summed E-state index contributed by atoms with van der Waals surface area (Å²) in [5, 5.41) is 3.71. The average Bonchev–Trinajstić information content (AvgIpc) is 2.87. The van der Waals surface area contributed by atoms with Crippen molar-refractivity contribution in [3.63, 3.8) is 0 Å². The smallest absolute Gasteiger partial charge is 0.243 e. The molecule has 36 heavy (non-hydrogen) atoms. The first-order valence-corrected chi connectivity index (χ1v) is 13.6. The highest BCUT2D eigenvalue weighted by Gasteiger charge is 2.30. The first kappa shape index (κ1) is 27.8. The van der Waals surface area contributed by atoms with E-state index in [0.29, 0.717) is 17.2 Å². The molecule has 0 aliphatic carbocycles. The Morgan fingerprint density at radius 1 is 0.972 bits per heavy atom. The second-order valence-corrected chi connectivity index (χ2v) is 10.2. The van der Waals surface area contributed by atoms with Crippen LogP contribution in [0.5, 0.6) is 0 Å². The van der Waals surface area contributed by atoms with Gasteiger partial charge >= 0.3 is 0 Å². The molecule has 0 heterocycles. The van der Waals surface area contributed by atoms with Crippen LogP contribution in [0.15, 0.2) is 78.9 Å². The Morgan fingerprint density at radius 2 is 1.67 bits per heavy atom. The molecule has 0 aromatic heterocycles. The van der Waals surface area contributed by atoms with Crippen molar-refractivity contribution in [3.8, 4) is 0 Å². The van der Waals surface area contributed by atoms with E-state index >= 15 is 0 Å². The van der Waals surface area contributed by atoms with E-state index in [1.807, 2.05) is 68.4 Å². The number of nitrogens with zero attached hydrogens (tertiary/aromatic N) is 1. The van der Waals surface area contributed by atoms with E-state index in [4.69, 9.17) is 11.6 Å². The van der Waals surface area contributed by atoms with E-state index in [-0.39, 0.29) is 36.0 Å². The number of hydrogen-bond donors (Lipinski definition) is 1. The molecule has 3 rings (SSSR count). The Labute approximate surface area is 222 Å². The van der Waals surface area contributed by atoms with E-state index < -0.39 is 6.04 Å². The highest BCUT2D eigenvalue weighted by molar-refractivity contribution is 7.99. The molecule has 0 aliphatic heterocycles. The van der Waals surface area contributed by atoms with Crippen molar-refractivity contribution in [3.05, 3.63) is 106 Å². The Hall–Kier alpha value is -2.83. The van der Waals surface area contributed by atoms with Crippen LogP contribution in [0.25, 0.3) is 0 Å². The SMILES string of the molecule is CC[C@@H](C)NC(=O)[C@@H](Cc1ccccc1)N(Cc1ccc(F)cc1)C(=O)CSCc1cccc(Cl)c1. The van der Waals surface area contributed by atoms with E-state index in [1.165, 1.54) is 23.9 Å². The Bertz CT molecular complexity index is 1130. The van der Waals surface area contributed by atoms with Gasteiger partial charge in [0.25, 0.3) is 0 Å². The van der Waals surface area contributed by atoms with Crippen LogP contribution in [0.1, 0.15) is 37.0 Å². The van der Waals surface area contributed by atoms with Crippen molar-refractivity contribution in [1.82, 2.24) is 10.2 Å². The number of carbonyl (C=O) groups is 2. The van der Waals surface area contributed by atoms with Crippen molar-refractivity contribution in [2.75, 3.05) is 5.75 Å². The summed E-state index contributed by atoms with van der Waals surface area (Å²) in [6.45, 7) is 4.16. The van der Waals surface area contributed by atoms with Gasteiger partial charge in [-0.25, -0.2) is 4.39 Å². The van der Waals surface area contributed by atoms with Crippen molar-refractivity contribution in [1.29, 1.82) is 0 Å². The van der Waals surface area contributed by atoms with Crippen molar-refractivity contribution in [2.24, 2.45) is 0 Å². The van der Waals surface area contributed by atoms with Crippen LogP contribution < -0.4 is 5.32 Å². The summed E-state index contributed by atoms with van der Waals surface area (Å²) in [4.78, 5) is 28.7. The molecule has 1 N–H and O–H groups in total. The minimum absolute atomic E-state index is 0.0178. The summed E-state index contributed by atoms with van der Waals surface area (Å²) in [5.41, 5.74) is 2.75. The topological polar surface area (TPSA) is 49.4 Å². The van der Waals surface area contributed by atoms with Crippen LogP contribution in [0, 0.1) is 5.82 Å². The lowest BCUT2D eigenvalue weighted by Gasteiger charge is -2.32. The molecule has 2 amide bonds. The highest BCUT2D eigenvalue weighted by atomic mass is 35.5. The Morgan fingerprint density at radius 3 is 2.33 bits per heavy atom. The number of halogens is 2. The van der Waals surface area contributed by atoms with Crippen LogP contribution in [0.2, 0.25) is 5.02 Å². The van der Waals surface area contributed by atoms with Gasteiger partial charge in [-0.05, 0) is 54.3 Å². The summed E-state index contributed by atoms with van der Waals surface area (Å²) in [5.74, 6) is 0.147. The molecule has 0 spiro atoms. The third kappa shape index (κ3) is 8.68. The monoisotopic (exact) mass is 526 g/mol. The van der Waals surface area contributed by atoms with Gasteiger partial charge in [-0.2, -0.15) is 0 Å². The van der Waals surface area contributed by atoms with Gasteiger partial charge < -0.3 is 10.2 Å². The van der Waals surface area contributed by atoms with E-state index in [2.05, 4.69) is 5.32 Å². The van der Waals surface area contributed by atoms with Gasteiger partial charge in [0.1, 0.15) is 11.9 Å². The molecule has 190 valence electrons. The van der Waals surface area contributed by atoms with Crippen LogP contribution in [-0.4, -0.2) is 34.6 Å². The maximum absolute atomic E-state index is 13.6. The molecular weight excluding hydrogens is 495 g/mol. The van der Waals surface area contributed by atoms with Crippen LogP contribution >= 0.6 is 23.4 Å². The average molecular weight is 527 g/mol. The third-order valence-corrected chi connectivity index (χ3v) is 7.15. The molecular formula is C29H32ClFN2O2S. The van der Waals surface area contributed by atoms with Gasteiger partial charge in [0.15, 0.2) is 0 Å². The molecule has 3 aromatic carbocycles. The molecule has 0 saturated heterocycles. The maximum atomic E-state index is 13.6. The molecule has 0 aliphatic rings. The highest BCUT2D eigenvalue weighted by Crippen LogP contribution is 2.20. The fourth-order valence-electron chi connectivity index (χ4n) is 3.75. The second kappa shape index (κ2) is 14.0. The molecule has 2 atom stereocenters. The zero-order valence-electron chi connectivity index (χ0n) is 20.6. The second-order valence-electron chi connectivity index (χ2n) is 8.79. The first-order chi connectivity index (χ1) is 17.4. The maximum Gasteiger partial charge on any atom is 0.243 e. The minimum Gasteiger partial charge on any atom is -0.352 e. The lowest BCUT2D eigenvalue weighted by atomic mass is 10.0. The lowest BCUT2D eigenvalue weighted by Crippen LogP contribution is -2.52. The zero-order valence-corrected chi connectivity index (χ0v) is 22.2. The largest absolute Gasteiger partial charge is 0.352 e. The van der Waals surface area contributed by atoms with Crippen LogP contribution in [0.4, 0.5) is 4.39 Å². The predicted molar refractivity (Wildman–Crippen MR) is 146 cm³/mol. The number of carbonyl (C=O) groups excluding carboxylic acids is 2. The summed E-state index contributed by atoms with van der Waals surface area (Å²) in [6, 6.07) is 22.6. The Kier molecular flexibility index (Phi) is 10.8. The normalized spacial score (nSPS) is 12.6. The molecule has 0 unspecified atom stereocenters. The molecule has 0 fully saturated rings. The van der Waals surface area contributed by atoms with Crippen molar-refractivity contribution in [2.45, 2.75) is 51.1 Å². The molecule has 3 aromatic rings. The summed E-state index contributed by atoms with van der Waals surface area (Å²) >= 11 is 7.57. The molecule has 0 saturated carbocycles. The van der Waals surface area contributed by atoms with E-state index in [1.54, 1.807) is 17.0 Å². The number of rotatable bonds is 12. The fraction of sp³-hybridized carbons (Fsp3) is 0.310. The lowest BCUT2D eigenvalue weighted by molar-refractivity contribution is -0.139. The van der Waals surface area contributed by atoms with E-state index in [0.717, 1.165) is 23.1 Å². The van der Waals surface area contributed by atoms with Crippen molar-refractivity contribution >= 4 is 35.2 Å². The number of amides is 2. The number of nitrogens with one attached hydrogen (secondary N) is 1. The summed E-state index contributed by atoms with van der Waals surface area (Å²) in [6.07, 6.45) is 1.17. The van der Waals surface area contributed by atoms with E-state index in [9.17, 15) is 14.0 Å². The fourth-order valence-corrected chi connectivity index (χ4v) is 4.82. The van der Waals surface area contributed by atoms with Gasteiger partial charge in [-0.3, -0.25) is 9.59 Å². The standard InChI is InChI=1S/C29H32ClFN2O2S/c1-3-21(2)32-29(35)27(17-22-8-5-4-6-9-22)33(18-23-12-14-26(31)15-13-23)28(34)20-36-19-24-10-7-11-25(30)16-24/h4-16,21,27H,3,17-20H2,1-2H3,(H,32,35)/t21-,27-/m1/s1. The molecule has 4 nitrogen and oxygen atoms in total. The number of thioether (sulfide) groups is 1. The third-order valence-electron chi connectivity index (χ3n) is 5.92. The predicted octanol–water partition coefficient (Wildman–Crippen LogP) is 6.27. The summed E-state index contributed by atoms with van der Waals surface area (Å²) in [7, 11) is 0. The van der Waals surface area contributed by atoms with Crippen LogP contribution in [0.3, 0.4) is 0 Å². The molecule has 7 heteroatoms. The van der Waals surface area contributed by atoms with Gasteiger partial charge in [0, 0.05) is 29.8 Å². The van der Waals surface area contributed by atoms with Gasteiger partial charge in [0.05, 0.1) is 5.75 Å². The zero-order chi connectivity index (χ0) is 25.9. The molecule has 0 radical (unpaired) electrons. The van der Waals surface area contributed by atoms with Crippen molar-refractivity contribution < 1.29 is 14.0 Å². The quantitative estimate of drug-likeness (QED) is 0.303. The number of benzene rings is 3. The summed E-state index contributed by atoms with van der Waals surface area (Å²) < 4.78 is 13.5. The van der Waals surface area contributed by atoms with Crippen LogP contribution in [-0.2, 0) is 28.3 Å². The first-order valence-electron chi connectivity index (χ1n) is 12.1. The van der Waals surface area contributed by atoms with Gasteiger partial charge in [-0.15, -0.1) is 11.8 Å². The van der Waals surface area contributed by atoms with Gasteiger partial charge in [-0.1, -0.05) is 73.1 Å². The van der Waals surface area contributed by atoms with Gasteiger partial charge in [0.2, 0.25) is 11.8 Å². The molecule has 0 bridgehead atoms. The number of hydrogen-bond acceptors (Lipinski definition) is 3. The minimum atomic E-state index is -0.703. The Balaban J connectivity index is 1.85.